The number of rotatable bonds is 8. The second-order valence-electron chi connectivity index (χ2n) is 7.60. The van der Waals surface area contributed by atoms with E-state index >= 15 is 0 Å². The molecular formula is C21H34N2O2. The minimum absolute atomic E-state index is 0.0335. The molecule has 0 fully saturated rings. The van der Waals surface area contributed by atoms with Gasteiger partial charge >= 0.3 is 0 Å². The highest BCUT2D eigenvalue weighted by Crippen LogP contribution is 2.25. The molecule has 0 bridgehead atoms. The van der Waals surface area contributed by atoms with Gasteiger partial charge in [0.1, 0.15) is 0 Å². The van der Waals surface area contributed by atoms with Crippen molar-refractivity contribution >= 4 is 17.5 Å². The highest BCUT2D eigenvalue weighted by Gasteiger charge is 2.18. The Balaban J connectivity index is 2.81. The molecule has 0 aliphatic carbocycles. The molecule has 0 saturated heterocycles. The molecule has 0 radical (unpaired) electrons. The van der Waals surface area contributed by atoms with Crippen molar-refractivity contribution in [3.05, 3.63) is 29.8 Å². The van der Waals surface area contributed by atoms with E-state index in [2.05, 4.69) is 46.8 Å². The van der Waals surface area contributed by atoms with Gasteiger partial charge in [-0.2, -0.15) is 0 Å². The first-order valence-electron chi connectivity index (χ1n) is 9.37. The SMILES string of the molecule is CCCN(CCC)C(=O)CCN(C(C)=O)c1ccc(C(C)(C)C)cc1. The van der Waals surface area contributed by atoms with Crippen LogP contribution in [0.15, 0.2) is 24.3 Å². The Morgan fingerprint density at radius 1 is 0.920 bits per heavy atom. The van der Waals surface area contributed by atoms with Gasteiger partial charge in [-0.3, -0.25) is 9.59 Å². The van der Waals surface area contributed by atoms with Gasteiger partial charge in [0.15, 0.2) is 0 Å². The molecule has 0 N–H and O–H groups in total. The topological polar surface area (TPSA) is 40.6 Å². The van der Waals surface area contributed by atoms with Gasteiger partial charge in [-0.25, -0.2) is 0 Å². The first-order valence-corrected chi connectivity index (χ1v) is 9.37. The van der Waals surface area contributed by atoms with Crippen LogP contribution >= 0.6 is 0 Å². The predicted octanol–water partition coefficient (Wildman–Crippen LogP) is 4.38. The van der Waals surface area contributed by atoms with Crippen LogP contribution < -0.4 is 4.90 Å². The molecule has 4 heteroatoms. The molecule has 1 aromatic rings. The molecule has 25 heavy (non-hydrogen) atoms. The van der Waals surface area contributed by atoms with Crippen LogP contribution in [0, 0.1) is 0 Å². The van der Waals surface area contributed by atoms with Crippen molar-refractivity contribution in [3.8, 4) is 0 Å². The lowest BCUT2D eigenvalue weighted by molar-refractivity contribution is -0.131. The Labute approximate surface area is 153 Å². The third-order valence-electron chi connectivity index (χ3n) is 4.31. The van der Waals surface area contributed by atoms with E-state index in [0.717, 1.165) is 31.6 Å². The molecule has 0 aliphatic rings. The maximum Gasteiger partial charge on any atom is 0.224 e. The molecule has 0 saturated carbocycles. The maximum atomic E-state index is 12.5. The number of carbonyl (C=O) groups excluding carboxylic acids is 2. The molecule has 0 unspecified atom stereocenters. The fourth-order valence-corrected chi connectivity index (χ4v) is 2.88. The lowest BCUT2D eigenvalue weighted by Gasteiger charge is -2.26. The Hall–Kier alpha value is -1.84. The van der Waals surface area contributed by atoms with E-state index < -0.39 is 0 Å². The first kappa shape index (κ1) is 21.2. The lowest BCUT2D eigenvalue weighted by Crippen LogP contribution is -2.37. The van der Waals surface area contributed by atoms with E-state index in [0.29, 0.717) is 13.0 Å². The highest BCUT2D eigenvalue weighted by atomic mass is 16.2. The Morgan fingerprint density at radius 2 is 1.44 bits per heavy atom. The van der Waals surface area contributed by atoms with Crippen LogP contribution in [0.2, 0.25) is 0 Å². The van der Waals surface area contributed by atoms with Gasteiger partial charge in [-0.05, 0) is 36.0 Å². The van der Waals surface area contributed by atoms with Crippen molar-refractivity contribution < 1.29 is 9.59 Å². The van der Waals surface area contributed by atoms with Crippen LogP contribution in [0.25, 0.3) is 0 Å². The van der Waals surface area contributed by atoms with Gasteiger partial charge in [-0.15, -0.1) is 0 Å². The fraction of sp³-hybridized carbons (Fsp3) is 0.619. The minimum Gasteiger partial charge on any atom is -0.343 e. The number of amides is 2. The second kappa shape index (κ2) is 9.59. The van der Waals surface area contributed by atoms with Gasteiger partial charge in [0.2, 0.25) is 11.8 Å². The molecule has 0 spiro atoms. The molecule has 0 heterocycles. The van der Waals surface area contributed by atoms with Gasteiger partial charge in [-0.1, -0.05) is 46.8 Å². The molecule has 140 valence electrons. The normalized spacial score (nSPS) is 11.3. The summed E-state index contributed by atoms with van der Waals surface area (Å²) in [5.74, 6) is 0.0927. The Morgan fingerprint density at radius 3 is 1.84 bits per heavy atom. The molecule has 4 nitrogen and oxygen atoms in total. The summed E-state index contributed by atoms with van der Waals surface area (Å²) in [6.45, 7) is 14.2. The fourth-order valence-electron chi connectivity index (χ4n) is 2.88. The van der Waals surface area contributed by atoms with E-state index in [1.165, 1.54) is 5.56 Å². The van der Waals surface area contributed by atoms with Crippen molar-refractivity contribution in [2.45, 2.75) is 66.2 Å². The zero-order valence-electron chi connectivity index (χ0n) is 16.8. The van der Waals surface area contributed by atoms with Crippen LogP contribution in [-0.2, 0) is 15.0 Å². The molecule has 0 aromatic heterocycles. The van der Waals surface area contributed by atoms with Crippen LogP contribution in [0.3, 0.4) is 0 Å². The molecular weight excluding hydrogens is 312 g/mol. The number of anilines is 1. The zero-order chi connectivity index (χ0) is 19.0. The smallest absolute Gasteiger partial charge is 0.224 e. The summed E-state index contributed by atoms with van der Waals surface area (Å²) in [5.41, 5.74) is 2.16. The van der Waals surface area contributed by atoms with E-state index in [9.17, 15) is 9.59 Å². The van der Waals surface area contributed by atoms with Crippen LogP contribution in [0.1, 0.15) is 66.4 Å². The number of benzene rings is 1. The standard InChI is InChI=1S/C21H34N2O2/c1-7-14-22(15-8-2)20(25)13-16-23(17(3)24)19-11-9-18(10-12-19)21(4,5)6/h9-12H,7-8,13-16H2,1-6H3. The van der Waals surface area contributed by atoms with E-state index in [4.69, 9.17) is 0 Å². The second-order valence-corrected chi connectivity index (χ2v) is 7.60. The zero-order valence-corrected chi connectivity index (χ0v) is 16.8. The monoisotopic (exact) mass is 346 g/mol. The van der Waals surface area contributed by atoms with Crippen molar-refractivity contribution in [3.63, 3.8) is 0 Å². The Kier molecular flexibility index (Phi) is 8.14. The number of nitrogens with zero attached hydrogens (tertiary/aromatic N) is 2. The summed E-state index contributed by atoms with van der Waals surface area (Å²) in [5, 5.41) is 0. The number of hydrogen-bond donors (Lipinski definition) is 0. The minimum atomic E-state index is -0.0335. The summed E-state index contributed by atoms with van der Waals surface area (Å²) in [6.07, 6.45) is 2.27. The molecule has 2 amide bonds. The third kappa shape index (κ3) is 6.52. The number of carbonyl (C=O) groups is 2. The number of hydrogen-bond acceptors (Lipinski definition) is 2. The quantitative estimate of drug-likeness (QED) is 0.701. The van der Waals surface area contributed by atoms with E-state index in [-0.39, 0.29) is 17.2 Å². The van der Waals surface area contributed by atoms with Crippen molar-refractivity contribution in [1.29, 1.82) is 0 Å². The third-order valence-corrected chi connectivity index (χ3v) is 4.31. The Bertz CT molecular complexity index is 552. The highest BCUT2D eigenvalue weighted by molar-refractivity contribution is 5.92. The molecule has 0 aliphatic heterocycles. The average Bonchev–Trinajstić information content (AvgIpc) is 2.54. The predicted molar refractivity (Wildman–Crippen MR) is 105 cm³/mol. The summed E-state index contributed by atoms with van der Waals surface area (Å²) in [6, 6.07) is 8.08. The van der Waals surface area contributed by atoms with Crippen LogP contribution in [-0.4, -0.2) is 36.3 Å². The largest absolute Gasteiger partial charge is 0.343 e. The average molecular weight is 347 g/mol. The van der Waals surface area contributed by atoms with Crippen molar-refractivity contribution in [2.24, 2.45) is 0 Å². The molecule has 1 aromatic carbocycles. The van der Waals surface area contributed by atoms with Gasteiger partial charge in [0, 0.05) is 38.7 Å². The summed E-state index contributed by atoms with van der Waals surface area (Å²) < 4.78 is 0. The van der Waals surface area contributed by atoms with Gasteiger partial charge < -0.3 is 9.80 Å². The van der Waals surface area contributed by atoms with Crippen molar-refractivity contribution in [2.75, 3.05) is 24.5 Å². The van der Waals surface area contributed by atoms with E-state index in [1.807, 2.05) is 17.0 Å². The molecule has 1 rings (SSSR count). The first-order chi connectivity index (χ1) is 11.7. The maximum absolute atomic E-state index is 12.5. The van der Waals surface area contributed by atoms with Crippen LogP contribution in [0.4, 0.5) is 5.69 Å². The summed E-state index contributed by atoms with van der Waals surface area (Å²) in [7, 11) is 0. The van der Waals surface area contributed by atoms with Gasteiger partial charge in [0.25, 0.3) is 0 Å². The molecule has 0 atom stereocenters. The van der Waals surface area contributed by atoms with Gasteiger partial charge in [0.05, 0.1) is 0 Å². The lowest BCUT2D eigenvalue weighted by atomic mass is 9.87. The van der Waals surface area contributed by atoms with E-state index in [1.54, 1.807) is 11.8 Å². The van der Waals surface area contributed by atoms with Crippen LogP contribution in [0.5, 0.6) is 0 Å². The van der Waals surface area contributed by atoms with Crippen molar-refractivity contribution in [1.82, 2.24) is 4.90 Å². The summed E-state index contributed by atoms with van der Waals surface area (Å²) >= 11 is 0. The summed E-state index contributed by atoms with van der Waals surface area (Å²) in [4.78, 5) is 28.1.